The van der Waals surface area contributed by atoms with Crippen LogP contribution in [0.5, 0.6) is 11.5 Å². The Labute approximate surface area is 160 Å². The molecule has 1 aromatic rings. The molecule has 0 bridgehead atoms. The number of carboxylic acid groups (broad SMARTS) is 1. The van der Waals surface area contributed by atoms with Gasteiger partial charge < -0.3 is 24.8 Å². The van der Waals surface area contributed by atoms with E-state index in [4.69, 9.17) is 14.6 Å². The van der Waals surface area contributed by atoms with Crippen LogP contribution in [0.4, 0.5) is 4.79 Å². The lowest BCUT2D eigenvalue weighted by Gasteiger charge is -2.42. The summed E-state index contributed by atoms with van der Waals surface area (Å²) < 4.78 is 10.5. The van der Waals surface area contributed by atoms with E-state index >= 15 is 0 Å². The molecule has 0 unspecified atom stereocenters. The number of ether oxygens (including phenoxy) is 2. The second kappa shape index (κ2) is 9.45. The van der Waals surface area contributed by atoms with Crippen molar-refractivity contribution >= 4 is 12.0 Å². The van der Waals surface area contributed by atoms with Crippen molar-refractivity contribution in [2.75, 3.05) is 34.4 Å². The summed E-state index contributed by atoms with van der Waals surface area (Å²) in [5.41, 5.74) is 0.911. The zero-order chi connectivity index (χ0) is 20.0. The van der Waals surface area contributed by atoms with Crippen LogP contribution in [0.25, 0.3) is 0 Å². The second-order valence-corrected chi connectivity index (χ2v) is 6.81. The highest BCUT2D eigenvalue weighted by molar-refractivity contribution is 5.74. The van der Waals surface area contributed by atoms with E-state index in [-0.39, 0.29) is 24.7 Å². The van der Waals surface area contributed by atoms with Gasteiger partial charge in [-0.05, 0) is 37.1 Å². The quantitative estimate of drug-likeness (QED) is 0.680. The Hall–Kier alpha value is -2.48. The number of nitrogens with one attached hydrogen (secondary N) is 1. The third-order valence-electron chi connectivity index (χ3n) is 4.88. The van der Waals surface area contributed by atoms with Crippen LogP contribution in [0.15, 0.2) is 18.2 Å². The van der Waals surface area contributed by atoms with Crippen LogP contribution in [0.1, 0.15) is 25.3 Å². The Morgan fingerprint density at radius 3 is 2.26 bits per heavy atom. The van der Waals surface area contributed by atoms with Gasteiger partial charge in [-0.1, -0.05) is 6.92 Å². The van der Waals surface area contributed by atoms with E-state index in [2.05, 4.69) is 5.32 Å². The van der Waals surface area contributed by atoms with Gasteiger partial charge in [0.05, 0.1) is 20.8 Å². The van der Waals surface area contributed by atoms with E-state index in [1.807, 2.05) is 24.0 Å². The minimum atomic E-state index is -0.821. The first-order valence-corrected chi connectivity index (χ1v) is 9.05. The number of carbonyl (C=O) groups excluding carboxylic acids is 1. The number of benzene rings is 1. The van der Waals surface area contributed by atoms with Crippen molar-refractivity contribution in [1.82, 2.24) is 15.1 Å². The van der Waals surface area contributed by atoms with E-state index in [9.17, 15) is 9.59 Å². The molecule has 0 saturated heterocycles. The summed E-state index contributed by atoms with van der Waals surface area (Å²) in [5, 5.41) is 12.0. The Kier molecular flexibility index (Phi) is 7.29. The highest BCUT2D eigenvalue weighted by Gasteiger charge is 2.35. The van der Waals surface area contributed by atoms with Crippen LogP contribution in [-0.2, 0) is 11.3 Å². The fraction of sp³-hybridized carbons (Fsp3) is 0.579. The topological polar surface area (TPSA) is 91.3 Å². The number of rotatable bonds is 9. The van der Waals surface area contributed by atoms with Crippen LogP contribution >= 0.6 is 0 Å². The summed E-state index contributed by atoms with van der Waals surface area (Å²) in [4.78, 5) is 26.9. The van der Waals surface area contributed by atoms with Gasteiger partial charge in [0.1, 0.15) is 11.5 Å². The summed E-state index contributed by atoms with van der Waals surface area (Å²) in [6.45, 7) is 3.11. The van der Waals surface area contributed by atoms with Gasteiger partial charge >= 0.3 is 12.0 Å². The first-order chi connectivity index (χ1) is 12.9. The molecule has 1 fully saturated rings. The van der Waals surface area contributed by atoms with Gasteiger partial charge in [0, 0.05) is 31.7 Å². The number of methoxy groups -OCH3 is 2. The largest absolute Gasteiger partial charge is 0.497 e. The number of nitrogens with zero attached hydrogens (tertiary/aromatic N) is 2. The molecule has 2 rings (SSSR count). The zero-order valence-corrected chi connectivity index (χ0v) is 16.4. The maximum Gasteiger partial charge on any atom is 0.317 e. The number of likely N-dealkylation sites (N-methyl/N-ethyl adjacent to an activating group) is 1. The van der Waals surface area contributed by atoms with E-state index in [1.165, 1.54) is 0 Å². The van der Waals surface area contributed by atoms with Crippen molar-refractivity contribution in [2.45, 2.75) is 38.4 Å². The molecule has 1 aliphatic rings. The maximum absolute atomic E-state index is 12.4. The summed E-state index contributed by atoms with van der Waals surface area (Å²) in [6.07, 6.45) is 1.54. The van der Waals surface area contributed by atoms with Gasteiger partial charge in [-0.2, -0.15) is 0 Å². The standard InChI is InChI=1S/C19H29N3O5/c1-5-22(12-18(23)24)15-8-14(9-15)20-19(25)21(2)11-13-6-16(26-3)10-17(7-13)27-4/h6-7,10,14-15H,5,8-9,11-12H2,1-4H3,(H,20,25)(H,23,24). The van der Waals surface area contributed by atoms with Gasteiger partial charge in [-0.3, -0.25) is 9.69 Å². The number of carbonyl (C=O) groups is 2. The molecule has 8 nitrogen and oxygen atoms in total. The molecule has 0 aromatic heterocycles. The third kappa shape index (κ3) is 5.75. The van der Waals surface area contributed by atoms with E-state index in [0.29, 0.717) is 24.6 Å². The number of hydrogen-bond acceptors (Lipinski definition) is 5. The van der Waals surface area contributed by atoms with Crippen molar-refractivity contribution in [3.63, 3.8) is 0 Å². The van der Waals surface area contributed by atoms with Crippen molar-refractivity contribution in [3.8, 4) is 11.5 Å². The second-order valence-electron chi connectivity index (χ2n) is 6.81. The molecule has 1 aromatic carbocycles. The van der Waals surface area contributed by atoms with Crippen LogP contribution in [-0.4, -0.2) is 73.3 Å². The Bertz CT molecular complexity index is 638. The van der Waals surface area contributed by atoms with Crippen LogP contribution in [0, 0.1) is 0 Å². The average molecular weight is 379 g/mol. The Morgan fingerprint density at radius 1 is 1.19 bits per heavy atom. The van der Waals surface area contributed by atoms with E-state index in [1.54, 1.807) is 32.2 Å². The molecule has 0 atom stereocenters. The van der Waals surface area contributed by atoms with E-state index < -0.39 is 5.97 Å². The third-order valence-corrected chi connectivity index (χ3v) is 4.88. The van der Waals surface area contributed by atoms with Gasteiger partial charge in [-0.25, -0.2) is 4.79 Å². The van der Waals surface area contributed by atoms with Crippen molar-refractivity contribution in [1.29, 1.82) is 0 Å². The number of amides is 2. The smallest absolute Gasteiger partial charge is 0.317 e. The minimum Gasteiger partial charge on any atom is -0.497 e. The molecule has 0 radical (unpaired) electrons. The molecule has 8 heteroatoms. The lowest BCUT2D eigenvalue weighted by atomic mass is 9.85. The SMILES string of the molecule is CCN(CC(=O)O)C1CC(NC(=O)N(C)Cc2cc(OC)cc(OC)c2)C1. The molecular weight excluding hydrogens is 350 g/mol. The molecule has 2 amide bonds. The number of carboxylic acids is 1. The maximum atomic E-state index is 12.4. The average Bonchev–Trinajstić information content (AvgIpc) is 2.61. The molecule has 2 N–H and O–H groups in total. The summed E-state index contributed by atoms with van der Waals surface area (Å²) in [6, 6.07) is 5.67. The normalized spacial score (nSPS) is 18.6. The zero-order valence-electron chi connectivity index (χ0n) is 16.4. The van der Waals surface area contributed by atoms with Crippen LogP contribution in [0.2, 0.25) is 0 Å². The number of aliphatic carboxylic acids is 1. The van der Waals surface area contributed by atoms with Gasteiger partial charge in [0.2, 0.25) is 0 Å². The molecule has 1 saturated carbocycles. The molecule has 1 aliphatic carbocycles. The Balaban J connectivity index is 1.84. The van der Waals surface area contributed by atoms with E-state index in [0.717, 1.165) is 18.4 Å². The first-order valence-electron chi connectivity index (χ1n) is 9.05. The van der Waals surface area contributed by atoms with Crippen LogP contribution in [0.3, 0.4) is 0 Å². The molecule has 150 valence electrons. The highest BCUT2D eigenvalue weighted by Crippen LogP contribution is 2.26. The van der Waals surface area contributed by atoms with Gasteiger partial charge in [0.25, 0.3) is 0 Å². The fourth-order valence-corrected chi connectivity index (χ4v) is 3.26. The lowest BCUT2D eigenvalue weighted by Crippen LogP contribution is -2.56. The monoisotopic (exact) mass is 379 g/mol. The number of hydrogen-bond donors (Lipinski definition) is 2. The lowest BCUT2D eigenvalue weighted by molar-refractivity contribution is -0.139. The van der Waals surface area contributed by atoms with Crippen LogP contribution < -0.4 is 14.8 Å². The predicted molar refractivity (Wildman–Crippen MR) is 101 cm³/mol. The molecule has 0 heterocycles. The van der Waals surface area contributed by atoms with Crippen molar-refractivity contribution < 1.29 is 24.2 Å². The number of urea groups is 1. The summed E-state index contributed by atoms with van der Waals surface area (Å²) >= 11 is 0. The first kappa shape index (κ1) is 20.8. The highest BCUT2D eigenvalue weighted by atomic mass is 16.5. The fourth-order valence-electron chi connectivity index (χ4n) is 3.26. The van der Waals surface area contributed by atoms with Gasteiger partial charge in [-0.15, -0.1) is 0 Å². The molecule has 0 spiro atoms. The predicted octanol–water partition coefficient (Wildman–Crippen LogP) is 1.78. The molecular formula is C19H29N3O5. The van der Waals surface area contributed by atoms with Crippen molar-refractivity contribution in [2.24, 2.45) is 0 Å². The van der Waals surface area contributed by atoms with Gasteiger partial charge in [0.15, 0.2) is 0 Å². The minimum absolute atomic E-state index is 0.0411. The molecule has 27 heavy (non-hydrogen) atoms. The molecule has 0 aliphatic heterocycles. The van der Waals surface area contributed by atoms with Crippen molar-refractivity contribution in [3.05, 3.63) is 23.8 Å². The summed E-state index contributed by atoms with van der Waals surface area (Å²) in [7, 11) is 4.91. The Morgan fingerprint density at radius 2 is 1.78 bits per heavy atom. The summed E-state index contributed by atoms with van der Waals surface area (Å²) in [5.74, 6) is 0.536.